The Morgan fingerprint density at radius 1 is 1.13 bits per heavy atom. The summed E-state index contributed by atoms with van der Waals surface area (Å²) in [5.41, 5.74) is 0.963. The number of anilines is 1. The fraction of sp³-hybridized carbons (Fsp3) is 0.471. The maximum absolute atomic E-state index is 12.3. The Balaban J connectivity index is 1.61. The molecule has 0 bridgehead atoms. The van der Waals surface area contributed by atoms with Gasteiger partial charge < -0.3 is 15.5 Å². The largest absolute Gasteiger partial charge is 0.343 e. The van der Waals surface area contributed by atoms with Crippen LogP contribution >= 0.6 is 0 Å². The van der Waals surface area contributed by atoms with Gasteiger partial charge in [-0.15, -0.1) is 0 Å². The number of fused-ring (bicyclic) bond motifs is 1. The van der Waals surface area contributed by atoms with Crippen LogP contribution in [0.5, 0.6) is 0 Å². The molecule has 0 saturated carbocycles. The highest BCUT2D eigenvalue weighted by Gasteiger charge is 2.28. The van der Waals surface area contributed by atoms with Crippen molar-refractivity contribution in [3.63, 3.8) is 0 Å². The van der Waals surface area contributed by atoms with Crippen molar-refractivity contribution in [3.05, 3.63) is 29.8 Å². The highest BCUT2D eigenvalue weighted by molar-refractivity contribution is 6.09. The number of likely N-dealkylation sites (tertiary alicyclic amines) is 1. The van der Waals surface area contributed by atoms with Crippen molar-refractivity contribution < 1.29 is 14.4 Å². The molecule has 1 aromatic carbocycles. The van der Waals surface area contributed by atoms with Crippen LogP contribution in [-0.2, 0) is 9.59 Å². The van der Waals surface area contributed by atoms with Crippen LogP contribution in [0.15, 0.2) is 24.3 Å². The van der Waals surface area contributed by atoms with Crippen LogP contribution in [0.25, 0.3) is 0 Å². The molecule has 122 valence electrons. The van der Waals surface area contributed by atoms with Crippen LogP contribution in [0.3, 0.4) is 0 Å². The van der Waals surface area contributed by atoms with Gasteiger partial charge in [-0.2, -0.15) is 0 Å². The normalized spacial score (nSPS) is 21.0. The van der Waals surface area contributed by atoms with E-state index < -0.39 is 6.04 Å². The minimum atomic E-state index is -0.677. The van der Waals surface area contributed by atoms with Gasteiger partial charge in [-0.05, 0) is 37.8 Å². The summed E-state index contributed by atoms with van der Waals surface area (Å²) in [5, 5.41) is 5.48. The Kier molecular flexibility index (Phi) is 4.60. The SMILES string of the molecule is O=C1NC(CCC(=O)N2CCCCC2)C(=O)Nc2ccccc21. The van der Waals surface area contributed by atoms with E-state index in [1.165, 1.54) is 6.42 Å². The van der Waals surface area contributed by atoms with Crippen molar-refractivity contribution in [2.24, 2.45) is 0 Å². The van der Waals surface area contributed by atoms with Gasteiger partial charge in [-0.1, -0.05) is 12.1 Å². The molecule has 3 amide bonds. The summed E-state index contributed by atoms with van der Waals surface area (Å²) < 4.78 is 0. The quantitative estimate of drug-likeness (QED) is 0.888. The highest BCUT2D eigenvalue weighted by atomic mass is 16.2. The number of hydrogen-bond acceptors (Lipinski definition) is 3. The first-order chi connectivity index (χ1) is 11.1. The molecule has 1 saturated heterocycles. The lowest BCUT2D eigenvalue weighted by atomic mass is 10.1. The second-order valence-corrected chi connectivity index (χ2v) is 6.04. The number of hydrogen-bond donors (Lipinski definition) is 2. The van der Waals surface area contributed by atoms with Crippen molar-refractivity contribution in [3.8, 4) is 0 Å². The first-order valence-electron chi connectivity index (χ1n) is 8.13. The maximum Gasteiger partial charge on any atom is 0.254 e. The van der Waals surface area contributed by atoms with E-state index in [4.69, 9.17) is 0 Å². The monoisotopic (exact) mass is 315 g/mol. The van der Waals surface area contributed by atoms with Gasteiger partial charge in [0.05, 0.1) is 11.3 Å². The minimum absolute atomic E-state index is 0.0634. The first-order valence-corrected chi connectivity index (χ1v) is 8.13. The molecule has 0 aliphatic carbocycles. The van der Waals surface area contributed by atoms with E-state index in [1.807, 2.05) is 4.90 Å². The molecule has 0 spiro atoms. The van der Waals surface area contributed by atoms with E-state index in [-0.39, 0.29) is 24.1 Å². The standard InChI is InChI=1S/C17H21N3O3/c21-15(20-10-4-1-5-11-20)9-8-14-17(23)18-13-7-3-2-6-12(13)16(22)19-14/h2-3,6-7,14H,1,4-5,8-11H2,(H,18,23)(H,19,22). The second-order valence-electron chi connectivity index (χ2n) is 6.04. The molecule has 0 radical (unpaired) electrons. The number of benzene rings is 1. The summed E-state index contributed by atoms with van der Waals surface area (Å²) in [4.78, 5) is 38.5. The molecule has 6 heteroatoms. The lowest BCUT2D eigenvalue weighted by Gasteiger charge is -2.27. The number of para-hydroxylation sites is 1. The van der Waals surface area contributed by atoms with E-state index in [9.17, 15) is 14.4 Å². The Labute approximate surface area is 135 Å². The average molecular weight is 315 g/mol. The van der Waals surface area contributed by atoms with Gasteiger partial charge in [-0.25, -0.2) is 0 Å². The lowest BCUT2D eigenvalue weighted by Crippen LogP contribution is -2.42. The number of amides is 3. The zero-order valence-corrected chi connectivity index (χ0v) is 13.0. The maximum atomic E-state index is 12.3. The van der Waals surface area contributed by atoms with Gasteiger partial charge in [-0.3, -0.25) is 14.4 Å². The fourth-order valence-corrected chi connectivity index (χ4v) is 3.08. The van der Waals surface area contributed by atoms with Gasteiger partial charge in [0.15, 0.2) is 0 Å². The van der Waals surface area contributed by atoms with Crippen molar-refractivity contribution >= 4 is 23.4 Å². The van der Waals surface area contributed by atoms with Crippen LogP contribution in [0.1, 0.15) is 42.5 Å². The predicted molar refractivity (Wildman–Crippen MR) is 86.0 cm³/mol. The number of piperidine rings is 1. The van der Waals surface area contributed by atoms with Crippen LogP contribution in [0.2, 0.25) is 0 Å². The molecule has 2 heterocycles. The van der Waals surface area contributed by atoms with Crippen molar-refractivity contribution in [2.75, 3.05) is 18.4 Å². The third-order valence-electron chi connectivity index (χ3n) is 4.41. The second kappa shape index (κ2) is 6.81. The molecule has 6 nitrogen and oxygen atoms in total. The molecule has 0 aromatic heterocycles. The molecule has 1 aromatic rings. The zero-order chi connectivity index (χ0) is 16.2. The minimum Gasteiger partial charge on any atom is -0.343 e. The van der Waals surface area contributed by atoms with E-state index in [0.717, 1.165) is 25.9 Å². The molecular weight excluding hydrogens is 294 g/mol. The van der Waals surface area contributed by atoms with Gasteiger partial charge >= 0.3 is 0 Å². The Morgan fingerprint density at radius 3 is 2.65 bits per heavy atom. The van der Waals surface area contributed by atoms with Crippen LogP contribution in [0, 0.1) is 0 Å². The Bertz CT molecular complexity index is 623. The highest BCUT2D eigenvalue weighted by Crippen LogP contribution is 2.19. The third kappa shape index (κ3) is 3.52. The van der Waals surface area contributed by atoms with E-state index >= 15 is 0 Å². The van der Waals surface area contributed by atoms with Crippen molar-refractivity contribution in [1.29, 1.82) is 0 Å². The number of rotatable bonds is 3. The van der Waals surface area contributed by atoms with E-state index in [0.29, 0.717) is 17.7 Å². The molecule has 3 rings (SSSR count). The average Bonchev–Trinajstić information content (AvgIpc) is 2.70. The zero-order valence-electron chi connectivity index (χ0n) is 13.0. The summed E-state index contributed by atoms with van der Waals surface area (Å²) in [7, 11) is 0. The van der Waals surface area contributed by atoms with E-state index in [2.05, 4.69) is 10.6 Å². The van der Waals surface area contributed by atoms with Gasteiger partial charge in [0.2, 0.25) is 11.8 Å². The lowest BCUT2D eigenvalue weighted by molar-refractivity contribution is -0.132. The smallest absolute Gasteiger partial charge is 0.254 e. The molecule has 2 aliphatic rings. The number of carbonyl (C=O) groups is 3. The predicted octanol–water partition coefficient (Wildman–Crippen LogP) is 1.53. The summed E-state index contributed by atoms with van der Waals surface area (Å²) in [5.74, 6) is -0.488. The number of nitrogens with zero attached hydrogens (tertiary/aromatic N) is 1. The summed E-state index contributed by atoms with van der Waals surface area (Å²) in [6.07, 6.45) is 3.85. The number of nitrogens with one attached hydrogen (secondary N) is 2. The van der Waals surface area contributed by atoms with Crippen molar-refractivity contribution in [1.82, 2.24) is 10.2 Å². The van der Waals surface area contributed by atoms with Crippen LogP contribution in [-0.4, -0.2) is 41.8 Å². The Hall–Kier alpha value is -2.37. The van der Waals surface area contributed by atoms with Gasteiger partial charge in [0.1, 0.15) is 6.04 Å². The molecule has 1 atom stereocenters. The molecule has 23 heavy (non-hydrogen) atoms. The van der Waals surface area contributed by atoms with Crippen LogP contribution in [0.4, 0.5) is 5.69 Å². The van der Waals surface area contributed by atoms with Gasteiger partial charge in [0.25, 0.3) is 5.91 Å². The number of carbonyl (C=O) groups excluding carboxylic acids is 3. The molecule has 1 fully saturated rings. The molecule has 1 unspecified atom stereocenters. The van der Waals surface area contributed by atoms with Crippen LogP contribution < -0.4 is 10.6 Å². The fourth-order valence-electron chi connectivity index (χ4n) is 3.08. The molecule has 2 aliphatic heterocycles. The van der Waals surface area contributed by atoms with Crippen molar-refractivity contribution in [2.45, 2.75) is 38.1 Å². The summed E-state index contributed by atoms with van der Waals surface area (Å²) >= 11 is 0. The summed E-state index contributed by atoms with van der Waals surface area (Å²) in [6.45, 7) is 1.60. The van der Waals surface area contributed by atoms with E-state index in [1.54, 1.807) is 24.3 Å². The third-order valence-corrected chi connectivity index (χ3v) is 4.41. The summed E-state index contributed by atoms with van der Waals surface area (Å²) in [6, 6.07) is 6.22. The Morgan fingerprint density at radius 2 is 1.87 bits per heavy atom. The molecule has 2 N–H and O–H groups in total. The topological polar surface area (TPSA) is 78.5 Å². The first kappa shape index (κ1) is 15.5. The molecular formula is C17H21N3O3. The van der Waals surface area contributed by atoms with Gasteiger partial charge in [0, 0.05) is 19.5 Å².